The lowest BCUT2D eigenvalue weighted by atomic mass is 10.8. The second kappa shape index (κ2) is 3.59. The highest BCUT2D eigenvalue weighted by Crippen LogP contribution is 2.12. The van der Waals surface area contributed by atoms with Crippen molar-refractivity contribution in [3.05, 3.63) is 0 Å². The van der Waals surface area contributed by atoms with E-state index in [4.69, 9.17) is 4.74 Å². The van der Waals surface area contributed by atoms with Crippen LogP contribution in [0.3, 0.4) is 0 Å². The van der Waals surface area contributed by atoms with Crippen LogP contribution in [0.2, 0.25) is 0 Å². The van der Waals surface area contributed by atoms with E-state index in [2.05, 4.69) is 0 Å². The largest absolute Gasteiger partial charge is 0.382 e. The lowest BCUT2D eigenvalue weighted by molar-refractivity contribution is 0.212. The van der Waals surface area contributed by atoms with Crippen LogP contribution >= 0.6 is 0 Å². The summed E-state index contributed by atoms with van der Waals surface area (Å²) in [6.45, 7) is 0.360. The minimum absolute atomic E-state index is 0.231. The average Bonchev–Trinajstić information content (AvgIpc) is 2.20. The molecule has 1 aliphatic rings. The third kappa shape index (κ3) is 1.65. The molecule has 0 spiro atoms. The highest BCUT2D eigenvalue weighted by molar-refractivity contribution is 8.06. The van der Waals surface area contributed by atoms with Gasteiger partial charge in [0, 0.05) is 40.2 Å². The van der Waals surface area contributed by atoms with Gasteiger partial charge < -0.3 is 4.74 Å². The Hall–Kier alpha value is 0.260. The summed E-state index contributed by atoms with van der Waals surface area (Å²) in [5.41, 5.74) is 0. The van der Waals surface area contributed by atoms with Gasteiger partial charge in [-0.25, -0.2) is 0 Å². The lowest BCUT2D eigenvalue weighted by Gasteiger charge is -2.03. The molecule has 0 amide bonds. The molecule has 0 aromatic rings. The SMILES string of the molecule is COCC1S(=O)CCS1=O. The third-order valence-corrected chi connectivity index (χ3v) is 5.58. The molecule has 1 heterocycles. The van der Waals surface area contributed by atoms with Gasteiger partial charge in [-0.1, -0.05) is 0 Å². The van der Waals surface area contributed by atoms with Crippen LogP contribution in [-0.2, 0) is 26.3 Å². The smallest absolute Gasteiger partial charge is 0.133 e. The summed E-state index contributed by atoms with van der Waals surface area (Å²) < 4.78 is 26.6. The third-order valence-electron chi connectivity index (χ3n) is 1.37. The maximum atomic E-state index is 11.0. The Labute approximate surface area is 65.1 Å². The second-order valence-electron chi connectivity index (χ2n) is 2.05. The van der Waals surface area contributed by atoms with Crippen molar-refractivity contribution in [3.63, 3.8) is 0 Å². The molecule has 1 fully saturated rings. The second-order valence-corrected chi connectivity index (χ2v) is 5.83. The first-order valence-electron chi connectivity index (χ1n) is 2.99. The van der Waals surface area contributed by atoms with Crippen molar-refractivity contribution in [1.29, 1.82) is 0 Å². The van der Waals surface area contributed by atoms with Crippen molar-refractivity contribution in [2.24, 2.45) is 0 Å². The monoisotopic (exact) mass is 182 g/mol. The fourth-order valence-electron chi connectivity index (χ4n) is 0.835. The van der Waals surface area contributed by atoms with E-state index in [1.807, 2.05) is 0 Å². The molecule has 1 aliphatic heterocycles. The highest BCUT2D eigenvalue weighted by atomic mass is 32.3. The Morgan fingerprint density at radius 2 is 1.90 bits per heavy atom. The van der Waals surface area contributed by atoms with Gasteiger partial charge in [-0.2, -0.15) is 0 Å². The molecule has 0 radical (unpaired) electrons. The van der Waals surface area contributed by atoms with E-state index in [1.54, 1.807) is 0 Å². The van der Waals surface area contributed by atoms with Crippen LogP contribution in [0.1, 0.15) is 0 Å². The van der Waals surface area contributed by atoms with Crippen LogP contribution < -0.4 is 0 Å². The molecule has 0 aromatic carbocycles. The van der Waals surface area contributed by atoms with E-state index in [0.29, 0.717) is 18.1 Å². The van der Waals surface area contributed by atoms with Gasteiger partial charge >= 0.3 is 0 Å². The maximum Gasteiger partial charge on any atom is 0.133 e. The summed E-state index contributed by atoms with van der Waals surface area (Å²) in [6.07, 6.45) is 0. The molecule has 0 N–H and O–H groups in total. The van der Waals surface area contributed by atoms with Gasteiger partial charge in [0.15, 0.2) is 0 Å². The van der Waals surface area contributed by atoms with Crippen molar-refractivity contribution < 1.29 is 13.2 Å². The van der Waals surface area contributed by atoms with Crippen LogP contribution in [0.25, 0.3) is 0 Å². The Morgan fingerprint density at radius 1 is 1.40 bits per heavy atom. The van der Waals surface area contributed by atoms with Gasteiger partial charge in [-0.3, -0.25) is 8.42 Å². The van der Waals surface area contributed by atoms with Gasteiger partial charge in [-0.05, 0) is 0 Å². The predicted molar refractivity (Wildman–Crippen MR) is 41.7 cm³/mol. The minimum Gasteiger partial charge on any atom is -0.382 e. The Balaban J connectivity index is 2.54. The molecule has 60 valence electrons. The summed E-state index contributed by atoms with van der Waals surface area (Å²) in [7, 11) is -0.297. The molecule has 3 nitrogen and oxygen atoms in total. The van der Waals surface area contributed by atoms with E-state index in [0.717, 1.165) is 0 Å². The topological polar surface area (TPSA) is 43.4 Å². The van der Waals surface area contributed by atoms with E-state index >= 15 is 0 Å². The molecular formula is C5H10O3S2. The molecule has 10 heavy (non-hydrogen) atoms. The Kier molecular flexibility index (Phi) is 3.00. The molecule has 0 aliphatic carbocycles. The molecule has 0 bridgehead atoms. The molecule has 0 saturated carbocycles. The van der Waals surface area contributed by atoms with Crippen LogP contribution in [0.4, 0.5) is 0 Å². The number of ether oxygens (including phenoxy) is 1. The summed E-state index contributed by atoms with van der Waals surface area (Å²) in [6, 6.07) is 0. The lowest BCUT2D eigenvalue weighted by Crippen LogP contribution is -2.19. The standard InChI is InChI=1S/C5H10O3S2/c1-8-4-5-9(6)2-3-10(5)7/h5H,2-4H2,1H3. The number of hydrogen-bond donors (Lipinski definition) is 0. The fraction of sp³-hybridized carbons (Fsp3) is 1.00. The minimum atomic E-state index is -0.916. The first-order valence-corrected chi connectivity index (χ1v) is 5.75. The van der Waals surface area contributed by atoms with Crippen molar-refractivity contribution in [2.45, 2.75) is 4.58 Å². The van der Waals surface area contributed by atoms with Gasteiger partial charge in [0.05, 0.1) is 6.61 Å². The molecular weight excluding hydrogens is 172 g/mol. The summed E-state index contributed by atoms with van der Waals surface area (Å²) in [5.74, 6) is 1.14. The normalized spacial score (nSPS) is 40.3. The quantitative estimate of drug-likeness (QED) is 0.576. The molecule has 0 aromatic heterocycles. The van der Waals surface area contributed by atoms with Crippen molar-refractivity contribution in [2.75, 3.05) is 25.2 Å². The Morgan fingerprint density at radius 3 is 2.30 bits per heavy atom. The fourth-order valence-corrected chi connectivity index (χ4v) is 4.79. The van der Waals surface area contributed by atoms with Crippen LogP contribution in [0.15, 0.2) is 0 Å². The van der Waals surface area contributed by atoms with Gasteiger partial charge in [0.2, 0.25) is 0 Å². The molecule has 5 heteroatoms. The summed E-state index contributed by atoms with van der Waals surface area (Å²) in [4.78, 5) is 0. The van der Waals surface area contributed by atoms with Crippen molar-refractivity contribution in [3.8, 4) is 0 Å². The highest BCUT2D eigenvalue weighted by Gasteiger charge is 2.29. The van der Waals surface area contributed by atoms with Gasteiger partial charge in [0.1, 0.15) is 4.58 Å². The maximum absolute atomic E-state index is 11.0. The summed E-state index contributed by atoms with van der Waals surface area (Å²) >= 11 is 0. The van der Waals surface area contributed by atoms with E-state index in [1.165, 1.54) is 7.11 Å². The molecule has 2 atom stereocenters. The van der Waals surface area contributed by atoms with Gasteiger partial charge in [-0.15, -0.1) is 0 Å². The van der Waals surface area contributed by atoms with Gasteiger partial charge in [0.25, 0.3) is 0 Å². The Bertz CT molecular complexity index is 152. The average molecular weight is 182 g/mol. The van der Waals surface area contributed by atoms with Crippen LogP contribution in [-0.4, -0.2) is 38.2 Å². The first kappa shape index (κ1) is 8.36. The number of hydrogen-bond acceptors (Lipinski definition) is 3. The number of rotatable bonds is 2. The molecule has 1 rings (SSSR count). The first-order chi connectivity index (χ1) is 4.75. The molecule has 2 unspecified atom stereocenters. The molecule has 1 saturated heterocycles. The van der Waals surface area contributed by atoms with E-state index in [-0.39, 0.29) is 4.58 Å². The van der Waals surface area contributed by atoms with E-state index in [9.17, 15) is 8.42 Å². The zero-order chi connectivity index (χ0) is 7.56. The van der Waals surface area contributed by atoms with Crippen molar-refractivity contribution in [1.82, 2.24) is 0 Å². The zero-order valence-electron chi connectivity index (χ0n) is 5.74. The van der Waals surface area contributed by atoms with E-state index < -0.39 is 21.6 Å². The van der Waals surface area contributed by atoms with Crippen molar-refractivity contribution >= 4 is 21.6 Å². The van der Waals surface area contributed by atoms with Crippen LogP contribution in [0.5, 0.6) is 0 Å². The predicted octanol–water partition coefficient (Wildman–Crippen LogP) is -0.530. The zero-order valence-corrected chi connectivity index (χ0v) is 7.37. The number of methoxy groups -OCH3 is 1. The van der Waals surface area contributed by atoms with Crippen LogP contribution in [0, 0.1) is 0 Å². The summed E-state index contributed by atoms with van der Waals surface area (Å²) in [5, 5.41) is 0.